The molecule has 2 saturated heterocycles. The monoisotopic (exact) mass is 267 g/mol. The molecule has 0 aliphatic carbocycles. The van der Waals surface area contributed by atoms with Crippen LogP contribution in [-0.2, 0) is 0 Å². The van der Waals surface area contributed by atoms with Gasteiger partial charge in [0.05, 0.1) is 0 Å². The van der Waals surface area contributed by atoms with Crippen molar-refractivity contribution < 1.29 is 0 Å². The zero-order chi connectivity index (χ0) is 14.0. The summed E-state index contributed by atoms with van der Waals surface area (Å²) in [5, 5.41) is 0. The van der Waals surface area contributed by atoms with E-state index in [0.29, 0.717) is 6.04 Å². The second-order valence-electron chi connectivity index (χ2n) is 7.43. The van der Waals surface area contributed by atoms with Gasteiger partial charge in [-0.05, 0) is 52.0 Å². The first-order chi connectivity index (χ1) is 8.96. The van der Waals surface area contributed by atoms with E-state index in [1.165, 1.54) is 45.3 Å². The molecule has 0 radical (unpaired) electrons. The van der Waals surface area contributed by atoms with Crippen LogP contribution in [0.4, 0.5) is 0 Å². The van der Waals surface area contributed by atoms with Crippen molar-refractivity contribution in [2.45, 2.75) is 71.0 Å². The maximum atomic E-state index is 6.17. The Bertz CT molecular complexity index is 292. The van der Waals surface area contributed by atoms with E-state index in [9.17, 15) is 0 Å². The molecule has 0 saturated carbocycles. The molecule has 2 aliphatic heterocycles. The molecule has 2 fully saturated rings. The number of fused-ring (bicyclic) bond motifs is 1. The predicted molar refractivity (Wildman–Crippen MR) is 82.3 cm³/mol. The van der Waals surface area contributed by atoms with Crippen LogP contribution in [0.25, 0.3) is 0 Å². The van der Waals surface area contributed by atoms with Crippen molar-refractivity contribution >= 4 is 0 Å². The van der Waals surface area contributed by atoms with Gasteiger partial charge >= 0.3 is 0 Å². The Labute approximate surface area is 119 Å². The minimum Gasteiger partial charge on any atom is -0.329 e. The molecule has 2 N–H and O–H groups in total. The van der Waals surface area contributed by atoms with E-state index in [1.807, 2.05) is 0 Å². The van der Waals surface area contributed by atoms with Gasteiger partial charge in [0, 0.05) is 37.3 Å². The van der Waals surface area contributed by atoms with Crippen molar-refractivity contribution in [3.8, 4) is 0 Å². The molecule has 0 aromatic rings. The summed E-state index contributed by atoms with van der Waals surface area (Å²) in [6.07, 6.45) is 5.29. The van der Waals surface area contributed by atoms with E-state index in [-0.39, 0.29) is 5.54 Å². The van der Waals surface area contributed by atoms with Crippen LogP contribution in [0.15, 0.2) is 0 Å². The van der Waals surface area contributed by atoms with E-state index >= 15 is 0 Å². The summed E-state index contributed by atoms with van der Waals surface area (Å²) in [7, 11) is 0. The summed E-state index contributed by atoms with van der Waals surface area (Å²) in [6, 6.07) is 1.44. The van der Waals surface area contributed by atoms with Gasteiger partial charge in [-0.2, -0.15) is 0 Å². The van der Waals surface area contributed by atoms with Crippen LogP contribution >= 0.6 is 0 Å². The predicted octanol–water partition coefficient (Wildman–Crippen LogP) is 2.31. The molecule has 19 heavy (non-hydrogen) atoms. The number of piperazine rings is 1. The molecule has 2 aliphatic rings. The maximum absolute atomic E-state index is 6.17. The van der Waals surface area contributed by atoms with Crippen LogP contribution < -0.4 is 5.73 Å². The summed E-state index contributed by atoms with van der Waals surface area (Å²) < 4.78 is 0. The Morgan fingerprint density at radius 3 is 2.68 bits per heavy atom. The Balaban J connectivity index is 2.04. The molecular formula is C16H33N3. The van der Waals surface area contributed by atoms with Gasteiger partial charge in [-0.3, -0.25) is 9.80 Å². The van der Waals surface area contributed by atoms with Gasteiger partial charge in [0.25, 0.3) is 0 Å². The summed E-state index contributed by atoms with van der Waals surface area (Å²) in [4.78, 5) is 5.42. The molecular weight excluding hydrogens is 234 g/mol. The number of nitrogens with zero attached hydrogens (tertiary/aromatic N) is 2. The highest BCUT2D eigenvalue weighted by atomic mass is 15.3. The normalized spacial score (nSPS) is 32.5. The van der Waals surface area contributed by atoms with Gasteiger partial charge < -0.3 is 5.73 Å². The molecule has 0 bridgehead atoms. The molecule has 3 unspecified atom stereocenters. The van der Waals surface area contributed by atoms with Crippen molar-refractivity contribution in [3.63, 3.8) is 0 Å². The van der Waals surface area contributed by atoms with Gasteiger partial charge in [0.1, 0.15) is 0 Å². The third-order valence-electron chi connectivity index (χ3n) is 5.33. The van der Waals surface area contributed by atoms with Crippen LogP contribution in [0.5, 0.6) is 0 Å². The Hall–Kier alpha value is -0.120. The lowest BCUT2D eigenvalue weighted by atomic mass is 9.87. The number of rotatable bonds is 5. The van der Waals surface area contributed by atoms with Gasteiger partial charge in [0.15, 0.2) is 0 Å². The SMILES string of the molecule is CC(C)CCC(C)(CN)N1CC2CCCN2CC1C. The standard InChI is InChI=1S/C16H33N3/c1-13(2)7-8-16(4,12-17)19-11-15-6-5-9-18(15)10-14(19)3/h13-15H,5-12,17H2,1-4H3. The fourth-order valence-corrected chi connectivity index (χ4v) is 3.90. The van der Waals surface area contributed by atoms with Crippen molar-refractivity contribution in [2.24, 2.45) is 11.7 Å². The first kappa shape index (κ1) is 15.3. The second-order valence-corrected chi connectivity index (χ2v) is 7.43. The molecule has 3 nitrogen and oxygen atoms in total. The number of hydrogen-bond acceptors (Lipinski definition) is 3. The van der Waals surface area contributed by atoms with Crippen LogP contribution in [0.1, 0.15) is 53.4 Å². The zero-order valence-electron chi connectivity index (χ0n) is 13.4. The van der Waals surface area contributed by atoms with E-state index in [2.05, 4.69) is 37.5 Å². The molecule has 0 aromatic carbocycles. The number of nitrogens with two attached hydrogens (primary N) is 1. The molecule has 2 heterocycles. The molecule has 3 heteroatoms. The van der Waals surface area contributed by atoms with Crippen molar-refractivity contribution in [3.05, 3.63) is 0 Å². The highest BCUT2D eigenvalue weighted by Gasteiger charge is 2.41. The largest absolute Gasteiger partial charge is 0.329 e. The van der Waals surface area contributed by atoms with E-state index in [1.54, 1.807) is 0 Å². The topological polar surface area (TPSA) is 32.5 Å². The minimum atomic E-state index is 0.193. The number of hydrogen-bond donors (Lipinski definition) is 1. The average Bonchev–Trinajstić information content (AvgIpc) is 2.82. The van der Waals surface area contributed by atoms with Crippen LogP contribution in [-0.4, -0.2) is 53.6 Å². The maximum Gasteiger partial charge on any atom is 0.0307 e. The van der Waals surface area contributed by atoms with Crippen LogP contribution in [0.3, 0.4) is 0 Å². The van der Waals surface area contributed by atoms with Crippen molar-refractivity contribution in [1.29, 1.82) is 0 Å². The lowest BCUT2D eigenvalue weighted by Crippen LogP contribution is -2.64. The Kier molecular flexibility index (Phi) is 4.91. The molecule has 0 amide bonds. The summed E-state index contributed by atoms with van der Waals surface area (Å²) in [5.41, 5.74) is 6.36. The summed E-state index contributed by atoms with van der Waals surface area (Å²) in [5.74, 6) is 0.772. The quantitative estimate of drug-likeness (QED) is 0.829. The molecule has 2 rings (SSSR count). The van der Waals surface area contributed by atoms with E-state index in [4.69, 9.17) is 5.73 Å². The molecule has 0 spiro atoms. The zero-order valence-corrected chi connectivity index (χ0v) is 13.4. The Morgan fingerprint density at radius 2 is 2.05 bits per heavy atom. The van der Waals surface area contributed by atoms with Crippen molar-refractivity contribution in [2.75, 3.05) is 26.2 Å². The third kappa shape index (κ3) is 3.32. The van der Waals surface area contributed by atoms with E-state index in [0.717, 1.165) is 18.5 Å². The van der Waals surface area contributed by atoms with Gasteiger partial charge in [-0.25, -0.2) is 0 Å². The fourth-order valence-electron chi connectivity index (χ4n) is 3.90. The Morgan fingerprint density at radius 1 is 1.32 bits per heavy atom. The minimum absolute atomic E-state index is 0.193. The highest BCUT2D eigenvalue weighted by Crippen LogP contribution is 2.32. The first-order valence-corrected chi connectivity index (χ1v) is 8.17. The average molecular weight is 267 g/mol. The fraction of sp³-hybridized carbons (Fsp3) is 1.00. The summed E-state index contributed by atoms with van der Waals surface area (Å²) in [6.45, 7) is 14.0. The van der Waals surface area contributed by atoms with Gasteiger partial charge in [-0.15, -0.1) is 0 Å². The van der Waals surface area contributed by atoms with Gasteiger partial charge in [-0.1, -0.05) is 13.8 Å². The first-order valence-electron chi connectivity index (χ1n) is 8.17. The highest BCUT2D eigenvalue weighted by molar-refractivity contribution is 4.98. The lowest BCUT2D eigenvalue weighted by Gasteiger charge is -2.51. The van der Waals surface area contributed by atoms with Crippen molar-refractivity contribution in [1.82, 2.24) is 9.80 Å². The molecule has 0 aromatic heterocycles. The van der Waals surface area contributed by atoms with E-state index < -0.39 is 0 Å². The second kappa shape index (κ2) is 6.11. The summed E-state index contributed by atoms with van der Waals surface area (Å²) >= 11 is 0. The molecule has 112 valence electrons. The van der Waals surface area contributed by atoms with Crippen LogP contribution in [0, 0.1) is 5.92 Å². The van der Waals surface area contributed by atoms with Gasteiger partial charge in [0.2, 0.25) is 0 Å². The molecule has 3 atom stereocenters. The third-order valence-corrected chi connectivity index (χ3v) is 5.33. The lowest BCUT2D eigenvalue weighted by molar-refractivity contribution is -0.0183. The smallest absolute Gasteiger partial charge is 0.0307 e. The van der Waals surface area contributed by atoms with Crippen LogP contribution in [0.2, 0.25) is 0 Å².